The minimum absolute atomic E-state index is 0.760. The van der Waals surface area contributed by atoms with E-state index < -0.39 is 0 Å². The van der Waals surface area contributed by atoms with Gasteiger partial charge in [0.15, 0.2) is 0 Å². The van der Waals surface area contributed by atoms with E-state index in [-0.39, 0.29) is 0 Å². The number of hydrogen-bond acceptors (Lipinski definition) is 2. The van der Waals surface area contributed by atoms with Crippen LogP contribution in [0, 0.1) is 5.92 Å². The van der Waals surface area contributed by atoms with Crippen molar-refractivity contribution in [3.63, 3.8) is 0 Å². The third kappa shape index (κ3) is 4.00. The maximum atomic E-state index is 5.57. The van der Waals surface area contributed by atoms with Crippen molar-refractivity contribution in [2.75, 3.05) is 13.2 Å². The molecule has 21 heavy (non-hydrogen) atoms. The molecule has 1 aromatic rings. The molecule has 0 atom stereocenters. The fourth-order valence-corrected chi connectivity index (χ4v) is 3.88. The number of benzene rings is 1. The number of nitrogens with one attached hydrogen (secondary N) is 1. The first kappa shape index (κ1) is 14.9. The highest BCUT2D eigenvalue weighted by Gasteiger charge is 2.19. The van der Waals surface area contributed by atoms with Gasteiger partial charge in [-0.2, -0.15) is 0 Å². The maximum absolute atomic E-state index is 5.57. The Kier molecular flexibility index (Phi) is 5.18. The summed E-state index contributed by atoms with van der Waals surface area (Å²) in [5.74, 6) is 2.10. The Morgan fingerprint density at radius 2 is 2.05 bits per heavy atom. The zero-order valence-electron chi connectivity index (χ0n) is 13.4. The topological polar surface area (TPSA) is 21.3 Å². The Morgan fingerprint density at radius 3 is 2.86 bits per heavy atom. The van der Waals surface area contributed by atoms with Crippen molar-refractivity contribution in [2.24, 2.45) is 5.92 Å². The van der Waals surface area contributed by atoms with Crippen LogP contribution in [0.15, 0.2) is 18.2 Å². The van der Waals surface area contributed by atoms with E-state index in [9.17, 15) is 0 Å². The van der Waals surface area contributed by atoms with E-state index in [0.29, 0.717) is 0 Å². The molecule has 1 fully saturated rings. The van der Waals surface area contributed by atoms with Crippen molar-refractivity contribution in [1.82, 2.24) is 5.32 Å². The lowest BCUT2D eigenvalue weighted by atomic mass is 9.83. The van der Waals surface area contributed by atoms with Gasteiger partial charge in [-0.15, -0.1) is 0 Å². The lowest BCUT2D eigenvalue weighted by molar-refractivity contribution is 0.279. The van der Waals surface area contributed by atoms with Crippen molar-refractivity contribution in [3.8, 4) is 5.75 Å². The van der Waals surface area contributed by atoms with Crippen LogP contribution in [-0.4, -0.2) is 19.2 Å². The molecule has 0 radical (unpaired) electrons. The quantitative estimate of drug-likeness (QED) is 0.850. The molecule has 116 valence electrons. The lowest BCUT2D eigenvalue weighted by Gasteiger charge is -2.29. The van der Waals surface area contributed by atoms with Crippen molar-refractivity contribution in [2.45, 2.75) is 64.3 Å². The van der Waals surface area contributed by atoms with Crippen LogP contribution >= 0.6 is 0 Å². The van der Waals surface area contributed by atoms with E-state index in [1.54, 1.807) is 0 Å². The third-order valence-corrected chi connectivity index (χ3v) is 5.14. The summed E-state index contributed by atoms with van der Waals surface area (Å²) in [6.07, 6.45) is 10.6. The van der Waals surface area contributed by atoms with Crippen molar-refractivity contribution in [3.05, 3.63) is 29.3 Å². The molecular formula is C19H29NO. The molecular weight excluding hydrogens is 258 g/mol. The molecule has 1 aliphatic heterocycles. The molecule has 0 saturated heterocycles. The predicted molar refractivity (Wildman–Crippen MR) is 88.0 cm³/mol. The van der Waals surface area contributed by atoms with Gasteiger partial charge in [0.25, 0.3) is 0 Å². The molecule has 2 heteroatoms. The summed E-state index contributed by atoms with van der Waals surface area (Å²) >= 11 is 0. The monoisotopic (exact) mass is 287 g/mol. The van der Waals surface area contributed by atoms with Crippen LogP contribution in [0.1, 0.15) is 56.6 Å². The largest absolute Gasteiger partial charge is 0.493 e. The molecule has 0 bridgehead atoms. The second-order valence-corrected chi connectivity index (χ2v) is 6.75. The molecule has 0 aromatic heterocycles. The van der Waals surface area contributed by atoms with Gasteiger partial charge in [0.2, 0.25) is 0 Å². The van der Waals surface area contributed by atoms with Gasteiger partial charge >= 0.3 is 0 Å². The maximum Gasteiger partial charge on any atom is 0.122 e. The van der Waals surface area contributed by atoms with E-state index in [1.807, 2.05) is 0 Å². The Hall–Kier alpha value is -1.02. The lowest BCUT2D eigenvalue weighted by Crippen LogP contribution is -2.34. The molecule has 0 unspecified atom stereocenters. The molecule has 1 N–H and O–H groups in total. The molecule has 0 amide bonds. The van der Waals surface area contributed by atoms with Gasteiger partial charge in [-0.1, -0.05) is 31.9 Å². The number of ether oxygens (including phenoxy) is 1. The first-order chi connectivity index (χ1) is 10.3. The van der Waals surface area contributed by atoms with Crippen LogP contribution in [0.25, 0.3) is 0 Å². The fraction of sp³-hybridized carbons (Fsp3) is 0.684. The Balaban J connectivity index is 1.39. The summed E-state index contributed by atoms with van der Waals surface area (Å²) in [6.45, 7) is 4.28. The van der Waals surface area contributed by atoms with Gasteiger partial charge in [0.1, 0.15) is 5.75 Å². The summed E-state index contributed by atoms with van der Waals surface area (Å²) < 4.78 is 5.57. The van der Waals surface area contributed by atoms with E-state index in [2.05, 4.69) is 30.4 Å². The Labute approximate surface area is 129 Å². The fourth-order valence-electron chi connectivity index (χ4n) is 3.88. The summed E-state index contributed by atoms with van der Waals surface area (Å²) in [6, 6.07) is 7.47. The Morgan fingerprint density at radius 1 is 1.19 bits per heavy atom. The Bertz CT molecular complexity index is 449. The molecule has 2 nitrogen and oxygen atoms in total. The number of hydrogen-bond donors (Lipinski definition) is 1. The van der Waals surface area contributed by atoms with Crippen molar-refractivity contribution < 1.29 is 4.74 Å². The van der Waals surface area contributed by atoms with Crippen LogP contribution in [0.3, 0.4) is 0 Å². The predicted octanol–water partition coefficient (Wildman–Crippen LogP) is 4.11. The zero-order chi connectivity index (χ0) is 14.5. The minimum Gasteiger partial charge on any atom is -0.493 e. The highest BCUT2D eigenvalue weighted by Crippen LogP contribution is 2.28. The van der Waals surface area contributed by atoms with Gasteiger partial charge in [-0.3, -0.25) is 0 Å². The average Bonchev–Trinajstić information content (AvgIpc) is 2.97. The van der Waals surface area contributed by atoms with Crippen LogP contribution in [-0.2, 0) is 12.8 Å². The highest BCUT2D eigenvalue weighted by atomic mass is 16.5. The molecule has 3 rings (SSSR count). The zero-order valence-corrected chi connectivity index (χ0v) is 13.4. The molecule has 2 aliphatic rings. The second kappa shape index (κ2) is 7.31. The van der Waals surface area contributed by atoms with Gasteiger partial charge < -0.3 is 10.1 Å². The normalized spacial score (nSPS) is 24.6. The molecule has 1 aromatic carbocycles. The standard InChI is InChI=1S/C19H29NO/c1-2-3-15-4-7-18(8-5-15)20-12-10-16-6-9-19-17(14-16)11-13-21-19/h6,9,14-15,18,20H,2-5,7-8,10-13H2,1H3. The van der Waals surface area contributed by atoms with Gasteiger partial charge in [-0.05, 0) is 61.8 Å². The summed E-state index contributed by atoms with van der Waals surface area (Å²) in [4.78, 5) is 0. The molecule has 1 heterocycles. The molecule has 1 aliphatic carbocycles. The average molecular weight is 287 g/mol. The summed E-state index contributed by atoms with van der Waals surface area (Å²) in [7, 11) is 0. The van der Waals surface area contributed by atoms with Gasteiger partial charge in [0, 0.05) is 12.5 Å². The van der Waals surface area contributed by atoms with E-state index in [1.165, 1.54) is 49.7 Å². The van der Waals surface area contributed by atoms with Gasteiger partial charge in [-0.25, -0.2) is 0 Å². The first-order valence-corrected chi connectivity index (χ1v) is 8.83. The summed E-state index contributed by atoms with van der Waals surface area (Å²) in [5.41, 5.74) is 2.85. The minimum atomic E-state index is 0.760. The van der Waals surface area contributed by atoms with E-state index in [4.69, 9.17) is 4.74 Å². The summed E-state index contributed by atoms with van der Waals surface area (Å²) in [5, 5.41) is 3.77. The van der Waals surface area contributed by atoms with Crippen molar-refractivity contribution in [1.29, 1.82) is 0 Å². The smallest absolute Gasteiger partial charge is 0.122 e. The highest BCUT2D eigenvalue weighted by molar-refractivity contribution is 5.39. The SMILES string of the molecule is CCCC1CCC(NCCc2ccc3c(c2)CCO3)CC1. The van der Waals surface area contributed by atoms with Crippen molar-refractivity contribution >= 4 is 0 Å². The second-order valence-electron chi connectivity index (χ2n) is 6.75. The van der Waals surface area contributed by atoms with Crippen LogP contribution in [0.5, 0.6) is 5.75 Å². The number of fused-ring (bicyclic) bond motifs is 1. The first-order valence-electron chi connectivity index (χ1n) is 8.83. The number of rotatable bonds is 6. The van der Waals surface area contributed by atoms with Crippen LogP contribution in [0.2, 0.25) is 0 Å². The van der Waals surface area contributed by atoms with E-state index >= 15 is 0 Å². The third-order valence-electron chi connectivity index (χ3n) is 5.14. The van der Waals surface area contributed by atoms with Crippen LogP contribution < -0.4 is 10.1 Å². The van der Waals surface area contributed by atoms with E-state index in [0.717, 1.165) is 43.7 Å². The molecule has 1 saturated carbocycles. The molecule has 0 spiro atoms. The van der Waals surface area contributed by atoms with Gasteiger partial charge in [0.05, 0.1) is 6.61 Å². The van der Waals surface area contributed by atoms with Crippen LogP contribution in [0.4, 0.5) is 0 Å².